The third kappa shape index (κ3) is 3.40. The lowest BCUT2D eigenvalue weighted by Gasteiger charge is -2.30. The number of aromatic nitrogens is 2. The summed E-state index contributed by atoms with van der Waals surface area (Å²) in [5, 5.41) is 11.9. The summed E-state index contributed by atoms with van der Waals surface area (Å²) >= 11 is 0. The molecule has 2 heterocycles. The predicted molar refractivity (Wildman–Crippen MR) is 107 cm³/mol. The molecule has 28 heavy (non-hydrogen) atoms. The van der Waals surface area contributed by atoms with Crippen LogP contribution < -0.4 is 19.5 Å². The highest BCUT2D eigenvalue weighted by molar-refractivity contribution is 5.83. The number of benzene rings is 2. The van der Waals surface area contributed by atoms with Crippen LogP contribution in [0.1, 0.15) is 36.8 Å². The second-order valence-corrected chi connectivity index (χ2v) is 7.68. The van der Waals surface area contributed by atoms with Crippen molar-refractivity contribution in [1.82, 2.24) is 15.5 Å². The van der Waals surface area contributed by atoms with Crippen molar-refractivity contribution >= 4 is 10.9 Å². The number of nitrogens with zero attached hydrogens (tertiary/aromatic N) is 1. The van der Waals surface area contributed by atoms with E-state index in [1.807, 2.05) is 18.3 Å². The van der Waals surface area contributed by atoms with E-state index >= 15 is 0 Å². The number of fused-ring (bicyclic) bond motifs is 2. The second-order valence-electron chi connectivity index (χ2n) is 7.68. The molecular weight excluding hydrogens is 354 g/mol. The van der Waals surface area contributed by atoms with Crippen LogP contribution in [0, 0.1) is 6.92 Å². The summed E-state index contributed by atoms with van der Waals surface area (Å²) in [7, 11) is 0. The van der Waals surface area contributed by atoms with Gasteiger partial charge in [0, 0.05) is 23.5 Å². The molecule has 1 aromatic heterocycles. The van der Waals surface area contributed by atoms with Crippen LogP contribution in [0.5, 0.6) is 17.2 Å². The van der Waals surface area contributed by atoms with Gasteiger partial charge in [0.05, 0.1) is 17.8 Å². The van der Waals surface area contributed by atoms with E-state index in [4.69, 9.17) is 14.2 Å². The zero-order valence-electron chi connectivity index (χ0n) is 16.0. The second kappa shape index (κ2) is 7.36. The van der Waals surface area contributed by atoms with Gasteiger partial charge in [-0.3, -0.25) is 5.10 Å². The van der Waals surface area contributed by atoms with Gasteiger partial charge >= 0.3 is 0 Å². The lowest BCUT2D eigenvalue weighted by atomic mass is 9.92. The van der Waals surface area contributed by atoms with Crippen LogP contribution in [0.25, 0.3) is 10.9 Å². The van der Waals surface area contributed by atoms with Crippen molar-refractivity contribution in [2.75, 3.05) is 6.79 Å². The Hall–Kier alpha value is -2.73. The number of nitrogens with one attached hydrogen (secondary N) is 2. The lowest BCUT2D eigenvalue weighted by molar-refractivity contribution is 0.138. The van der Waals surface area contributed by atoms with Gasteiger partial charge in [0.25, 0.3) is 0 Å². The van der Waals surface area contributed by atoms with E-state index < -0.39 is 0 Å². The van der Waals surface area contributed by atoms with Crippen molar-refractivity contribution in [3.63, 3.8) is 0 Å². The summed E-state index contributed by atoms with van der Waals surface area (Å²) in [6.45, 7) is 3.28. The summed E-state index contributed by atoms with van der Waals surface area (Å²) in [6.07, 6.45) is 6.55. The van der Waals surface area contributed by atoms with E-state index in [1.165, 1.54) is 5.56 Å². The van der Waals surface area contributed by atoms with Crippen molar-refractivity contribution < 1.29 is 14.2 Å². The molecule has 0 atom stereocenters. The molecule has 1 fully saturated rings. The van der Waals surface area contributed by atoms with Crippen LogP contribution in [-0.4, -0.2) is 29.1 Å². The Kier molecular flexibility index (Phi) is 4.56. The first-order valence-corrected chi connectivity index (χ1v) is 9.97. The molecule has 0 amide bonds. The third-order valence-electron chi connectivity index (χ3n) is 5.84. The molecule has 5 rings (SSSR count). The first kappa shape index (κ1) is 17.4. The molecule has 6 heteroatoms. The molecule has 6 nitrogen and oxygen atoms in total. The van der Waals surface area contributed by atoms with Crippen LogP contribution in [0.4, 0.5) is 0 Å². The van der Waals surface area contributed by atoms with E-state index in [1.54, 1.807) is 0 Å². The van der Waals surface area contributed by atoms with Crippen LogP contribution in [0.15, 0.2) is 36.5 Å². The maximum absolute atomic E-state index is 6.33. The van der Waals surface area contributed by atoms with Gasteiger partial charge in [-0.25, -0.2) is 0 Å². The third-order valence-corrected chi connectivity index (χ3v) is 5.84. The molecule has 1 aliphatic carbocycles. The SMILES string of the molecule is Cc1c(O[C@H]2CC[C@H](NCc3ccc4c(c3)OCO4)CC2)ccc2[nH]ncc12. The highest BCUT2D eigenvalue weighted by Gasteiger charge is 2.23. The summed E-state index contributed by atoms with van der Waals surface area (Å²) < 4.78 is 17.2. The number of aromatic amines is 1. The van der Waals surface area contributed by atoms with Crippen molar-refractivity contribution in [2.45, 2.75) is 51.3 Å². The molecule has 1 saturated carbocycles. The van der Waals surface area contributed by atoms with Gasteiger partial charge < -0.3 is 19.5 Å². The van der Waals surface area contributed by atoms with Crippen molar-refractivity contribution in [3.8, 4) is 17.2 Å². The molecule has 146 valence electrons. The first-order valence-electron chi connectivity index (χ1n) is 9.97. The zero-order valence-corrected chi connectivity index (χ0v) is 16.0. The standard InChI is InChI=1S/C22H25N3O3/c1-14-18-12-24-25-19(18)7-9-20(14)28-17-5-3-16(4-6-17)23-11-15-2-8-21-22(10-15)27-13-26-21/h2,7-10,12,16-17,23H,3-6,11,13H2,1H3,(H,24,25)/t16-,17-. The topological polar surface area (TPSA) is 68.4 Å². The number of aryl methyl sites for hydroxylation is 1. The Balaban J connectivity index is 1.13. The van der Waals surface area contributed by atoms with E-state index in [2.05, 4.69) is 40.6 Å². The quantitative estimate of drug-likeness (QED) is 0.699. The highest BCUT2D eigenvalue weighted by Crippen LogP contribution is 2.33. The Labute approximate surface area is 164 Å². The fraction of sp³-hybridized carbons (Fsp3) is 0.409. The highest BCUT2D eigenvalue weighted by atomic mass is 16.7. The average molecular weight is 379 g/mol. The van der Waals surface area contributed by atoms with Gasteiger partial charge in [-0.15, -0.1) is 0 Å². The van der Waals surface area contributed by atoms with Crippen molar-refractivity contribution in [2.24, 2.45) is 0 Å². The monoisotopic (exact) mass is 379 g/mol. The van der Waals surface area contributed by atoms with E-state index in [-0.39, 0.29) is 6.10 Å². The summed E-state index contributed by atoms with van der Waals surface area (Å²) in [4.78, 5) is 0. The van der Waals surface area contributed by atoms with Crippen LogP contribution in [-0.2, 0) is 6.54 Å². The van der Waals surface area contributed by atoms with Gasteiger partial charge in [-0.05, 0) is 62.4 Å². The van der Waals surface area contributed by atoms with Gasteiger partial charge in [-0.1, -0.05) is 6.07 Å². The summed E-state index contributed by atoms with van der Waals surface area (Å²) in [5.74, 6) is 2.66. The molecule has 0 radical (unpaired) electrons. The minimum absolute atomic E-state index is 0.284. The fourth-order valence-electron chi connectivity index (χ4n) is 4.14. The molecule has 2 aliphatic rings. The number of hydrogen-bond acceptors (Lipinski definition) is 5. The van der Waals surface area contributed by atoms with Crippen molar-refractivity contribution in [1.29, 1.82) is 0 Å². The lowest BCUT2D eigenvalue weighted by Crippen LogP contribution is -2.36. The maximum Gasteiger partial charge on any atom is 0.231 e. The first-order chi connectivity index (χ1) is 13.8. The maximum atomic E-state index is 6.33. The number of ether oxygens (including phenoxy) is 3. The minimum Gasteiger partial charge on any atom is -0.490 e. The largest absolute Gasteiger partial charge is 0.490 e. The van der Waals surface area contributed by atoms with Crippen LogP contribution in [0.3, 0.4) is 0 Å². The molecular formula is C22H25N3O3. The molecule has 0 saturated heterocycles. The number of hydrogen-bond donors (Lipinski definition) is 2. The molecule has 2 N–H and O–H groups in total. The molecule has 0 spiro atoms. The molecule has 0 bridgehead atoms. The Morgan fingerprint density at radius 3 is 2.86 bits per heavy atom. The molecule has 1 aliphatic heterocycles. The Bertz CT molecular complexity index is 976. The fourth-order valence-corrected chi connectivity index (χ4v) is 4.14. The number of H-pyrrole nitrogens is 1. The van der Waals surface area contributed by atoms with Crippen LogP contribution >= 0.6 is 0 Å². The van der Waals surface area contributed by atoms with Gasteiger partial charge in [0.1, 0.15) is 5.75 Å². The minimum atomic E-state index is 0.284. The zero-order chi connectivity index (χ0) is 18.9. The normalized spacial score (nSPS) is 21.2. The van der Waals surface area contributed by atoms with E-state index in [0.29, 0.717) is 12.8 Å². The smallest absolute Gasteiger partial charge is 0.231 e. The molecule has 2 aromatic carbocycles. The average Bonchev–Trinajstić information content (AvgIpc) is 3.38. The summed E-state index contributed by atoms with van der Waals surface area (Å²) in [5.41, 5.74) is 3.45. The molecule has 0 unspecified atom stereocenters. The predicted octanol–water partition coefficient (Wildman–Crippen LogP) is 4.08. The number of rotatable bonds is 5. The molecule has 3 aromatic rings. The van der Waals surface area contributed by atoms with E-state index in [0.717, 1.165) is 65.9 Å². The van der Waals surface area contributed by atoms with E-state index in [9.17, 15) is 0 Å². The Morgan fingerprint density at radius 2 is 1.96 bits per heavy atom. The Morgan fingerprint density at radius 1 is 1.11 bits per heavy atom. The van der Waals surface area contributed by atoms with Crippen LogP contribution in [0.2, 0.25) is 0 Å². The van der Waals surface area contributed by atoms with Gasteiger partial charge in [0.15, 0.2) is 11.5 Å². The summed E-state index contributed by atoms with van der Waals surface area (Å²) in [6, 6.07) is 10.8. The van der Waals surface area contributed by atoms with Gasteiger partial charge in [-0.2, -0.15) is 5.10 Å². The van der Waals surface area contributed by atoms with Gasteiger partial charge in [0.2, 0.25) is 6.79 Å². The van der Waals surface area contributed by atoms with Crippen molar-refractivity contribution in [3.05, 3.63) is 47.7 Å².